The number of halogens is 1. The number of aromatic nitrogens is 1. The Balaban J connectivity index is 3.09. The minimum atomic E-state index is -0.475. The van der Waals surface area contributed by atoms with Gasteiger partial charge < -0.3 is 9.47 Å². The number of ether oxygens (including phenoxy) is 2. The van der Waals surface area contributed by atoms with Crippen LogP contribution in [0.2, 0.25) is 0 Å². The van der Waals surface area contributed by atoms with Gasteiger partial charge in [0.2, 0.25) is 0 Å². The van der Waals surface area contributed by atoms with E-state index in [9.17, 15) is 9.59 Å². The number of carbonyl (C=O) groups is 2. The zero-order chi connectivity index (χ0) is 14.3. The number of rotatable bonds is 6. The van der Waals surface area contributed by atoms with Gasteiger partial charge in [-0.1, -0.05) is 0 Å². The second kappa shape index (κ2) is 7.74. The molecule has 0 spiro atoms. The lowest BCUT2D eigenvalue weighted by Gasteiger charge is -2.04. The van der Waals surface area contributed by atoms with E-state index in [1.165, 1.54) is 6.07 Å². The number of hydrogen-bond acceptors (Lipinski definition) is 4. The molecule has 0 fully saturated rings. The van der Waals surface area contributed by atoms with Crippen molar-refractivity contribution in [2.24, 2.45) is 0 Å². The standard InChI is InChI=1S/C13H17ClNO4/c1-3-18-12(16)10-7-11(13(17)19-4-2)9-15(8-10)6-5-14/h7-9H,3-6H2,1-2H3/q+1. The Hall–Kier alpha value is -1.62. The number of alkyl halides is 1. The Kier molecular flexibility index (Phi) is 6.29. The van der Waals surface area contributed by atoms with Gasteiger partial charge in [-0.05, 0) is 19.9 Å². The summed E-state index contributed by atoms with van der Waals surface area (Å²) in [7, 11) is 0. The maximum atomic E-state index is 11.7. The predicted molar refractivity (Wildman–Crippen MR) is 69.3 cm³/mol. The van der Waals surface area contributed by atoms with Crippen LogP contribution in [0.5, 0.6) is 0 Å². The fraction of sp³-hybridized carbons (Fsp3) is 0.462. The van der Waals surface area contributed by atoms with Crippen LogP contribution in [0.1, 0.15) is 34.6 Å². The summed E-state index contributed by atoms with van der Waals surface area (Å²) in [6, 6.07) is 1.46. The molecule has 0 aliphatic rings. The van der Waals surface area contributed by atoms with Crippen molar-refractivity contribution < 1.29 is 23.6 Å². The van der Waals surface area contributed by atoms with Crippen molar-refractivity contribution in [3.63, 3.8) is 0 Å². The van der Waals surface area contributed by atoms with Gasteiger partial charge >= 0.3 is 11.9 Å². The Bertz CT molecular complexity index is 426. The molecule has 0 atom stereocenters. The first-order chi connectivity index (χ1) is 9.12. The van der Waals surface area contributed by atoms with Crippen LogP contribution in [0.4, 0.5) is 0 Å². The number of aryl methyl sites for hydroxylation is 1. The molecule has 0 aliphatic carbocycles. The van der Waals surface area contributed by atoms with Gasteiger partial charge in [-0.25, -0.2) is 14.2 Å². The SMILES string of the molecule is CCOC(=O)c1cc(C(=O)OCC)c[n+](CCCl)c1. The van der Waals surface area contributed by atoms with Gasteiger partial charge in [0.05, 0.1) is 19.1 Å². The number of pyridine rings is 1. The summed E-state index contributed by atoms with van der Waals surface area (Å²) in [5, 5.41) is 0. The first-order valence-electron chi connectivity index (χ1n) is 6.06. The van der Waals surface area contributed by atoms with E-state index in [2.05, 4.69) is 0 Å². The second-order valence-electron chi connectivity index (χ2n) is 3.68. The monoisotopic (exact) mass is 286 g/mol. The molecular formula is C13H17ClNO4+. The molecule has 19 heavy (non-hydrogen) atoms. The molecule has 1 rings (SSSR count). The largest absolute Gasteiger partial charge is 0.462 e. The summed E-state index contributed by atoms with van der Waals surface area (Å²) in [4.78, 5) is 23.4. The van der Waals surface area contributed by atoms with E-state index in [0.29, 0.717) is 23.6 Å². The van der Waals surface area contributed by atoms with Crippen LogP contribution in [0.15, 0.2) is 18.5 Å². The molecule has 104 valence electrons. The van der Waals surface area contributed by atoms with Gasteiger partial charge in [0.15, 0.2) is 18.9 Å². The molecule has 0 unspecified atom stereocenters. The molecule has 1 aromatic rings. The summed E-state index contributed by atoms with van der Waals surface area (Å²) in [5.74, 6) is -0.576. The van der Waals surface area contributed by atoms with Crippen molar-refractivity contribution in [1.82, 2.24) is 0 Å². The van der Waals surface area contributed by atoms with Crippen molar-refractivity contribution in [2.45, 2.75) is 20.4 Å². The predicted octanol–water partition coefficient (Wildman–Crippen LogP) is 1.57. The molecule has 0 saturated heterocycles. The van der Waals surface area contributed by atoms with E-state index < -0.39 is 11.9 Å². The van der Waals surface area contributed by atoms with Crippen LogP contribution in [0.25, 0.3) is 0 Å². The van der Waals surface area contributed by atoms with E-state index in [1.807, 2.05) is 0 Å². The quantitative estimate of drug-likeness (QED) is 0.452. The Morgan fingerprint density at radius 2 is 1.58 bits per heavy atom. The van der Waals surface area contributed by atoms with Crippen molar-refractivity contribution in [1.29, 1.82) is 0 Å². The van der Waals surface area contributed by atoms with E-state index in [4.69, 9.17) is 21.1 Å². The van der Waals surface area contributed by atoms with Crippen LogP contribution in [0, 0.1) is 0 Å². The molecule has 0 saturated carbocycles. The lowest BCUT2D eigenvalue weighted by molar-refractivity contribution is -0.692. The van der Waals surface area contributed by atoms with E-state index in [0.717, 1.165) is 0 Å². The maximum Gasteiger partial charge on any atom is 0.344 e. The second-order valence-corrected chi connectivity index (χ2v) is 4.06. The normalized spacial score (nSPS) is 10.1. The number of hydrogen-bond donors (Lipinski definition) is 0. The third-order valence-electron chi connectivity index (χ3n) is 2.29. The van der Waals surface area contributed by atoms with E-state index in [1.54, 1.807) is 30.8 Å². The van der Waals surface area contributed by atoms with Gasteiger partial charge in [0.25, 0.3) is 0 Å². The van der Waals surface area contributed by atoms with Crippen molar-refractivity contribution >= 4 is 23.5 Å². The number of esters is 2. The highest BCUT2D eigenvalue weighted by atomic mass is 35.5. The molecule has 5 nitrogen and oxygen atoms in total. The molecule has 0 aliphatic heterocycles. The number of carbonyl (C=O) groups excluding carboxylic acids is 2. The Morgan fingerprint density at radius 1 is 1.11 bits per heavy atom. The van der Waals surface area contributed by atoms with Crippen LogP contribution >= 0.6 is 11.6 Å². The fourth-order valence-electron chi connectivity index (χ4n) is 1.52. The van der Waals surface area contributed by atoms with Crippen LogP contribution < -0.4 is 4.57 Å². The van der Waals surface area contributed by atoms with Gasteiger partial charge in [-0.2, -0.15) is 0 Å². The number of nitrogens with zero attached hydrogens (tertiary/aromatic N) is 1. The maximum absolute atomic E-state index is 11.7. The summed E-state index contributed by atoms with van der Waals surface area (Å²) in [6.07, 6.45) is 3.20. The third kappa shape index (κ3) is 4.52. The van der Waals surface area contributed by atoms with E-state index >= 15 is 0 Å². The molecule has 0 radical (unpaired) electrons. The van der Waals surface area contributed by atoms with Crippen molar-refractivity contribution in [3.8, 4) is 0 Å². The zero-order valence-electron chi connectivity index (χ0n) is 11.0. The fourth-order valence-corrected chi connectivity index (χ4v) is 1.71. The molecule has 1 aromatic heterocycles. The van der Waals surface area contributed by atoms with Gasteiger partial charge in [0, 0.05) is 0 Å². The minimum Gasteiger partial charge on any atom is -0.462 e. The lowest BCUT2D eigenvalue weighted by Crippen LogP contribution is -2.36. The topological polar surface area (TPSA) is 56.5 Å². The molecular weight excluding hydrogens is 270 g/mol. The van der Waals surface area contributed by atoms with Crippen molar-refractivity contribution in [2.75, 3.05) is 19.1 Å². The highest BCUT2D eigenvalue weighted by Gasteiger charge is 2.19. The molecule has 1 heterocycles. The molecule has 6 heteroatoms. The smallest absolute Gasteiger partial charge is 0.344 e. The van der Waals surface area contributed by atoms with Crippen molar-refractivity contribution in [3.05, 3.63) is 29.6 Å². The summed E-state index contributed by atoms with van der Waals surface area (Å²) in [5.41, 5.74) is 0.607. The average Bonchev–Trinajstić information content (AvgIpc) is 2.39. The van der Waals surface area contributed by atoms with Crippen LogP contribution in [-0.4, -0.2) is 31.0 Å². The van der Waals surface area contributed by atoms with Gasteiger partial charge in [0.1, 0.15) is 11.1 Å². The Morgan fingerprint density at radius 3 is 1.95 bits per heavy atom. The van der Waals surface area contributed by atoms with Crippen LogP contribution in [0.3, 0.4) is 0 Å². The summed E-state index contributed by atoms with van der Waals surface area (Å²) < 4.78 is 11.5. The zero-order valence-corrected chi connectivity index (χ0v) is 11.8. The highest BCUT2D eigenvalue weighted by molar-refractivity contribution is 6.17. The first kappa shape index (κ1) is 15.4. The first-order valence-corrected chi connectivity index (χ1v) is 6.60. The summed E-state index contributed by atoms with van der Waals surface area (Å²) in [6.45, 7) is 4.48. The highest BCUT2D eigenvalue weighted by Crippen LogP contribution is 2.06. The summed E-state index contributed by atoms with van der Waals surface area (Å²) >= 11 is 5.67. The van der Waals surface area contributed by atoms with Crippen LogP contribution in [-0.2, 0) is 16.0 Å². The lowest BCUT2D eigenvalue weighted by atomic mass is 10.2. The average molecular weight is 287 g/mol. The Labute approximate surface area is 117 Å². The molecule has 0 aromatic carbocycles. The third-order valence-corrected chi connectivity index (χ3v) is 2.45. The van der Waals surface area contributed by atoms with Gasteiger partial charge in [-0.3, -0.25) is 0 Å². The minimum absolute atomic E-state index is 0.276. The molecule has 0 amide bonds. The molecule has 0 N–H and O–H groups in total. The van der Waals surface area contributed by atoms with E-state index in [-0.39, 0.29) is 13.2 Å². The molecule has 0 bridgehead atoms. The van der Waals surface area contributed by atoms with Gasteiger partial charge in [-0.15, -0.1) is 11.6 Å².